The number of anilines is 1. The summed E-state index contributed by atoms with van der Waals surface area (Å²) in [6.07, 6.45) is 1.42. The van der Waals surface area contributed by atoms with Crippen LogP contribution < -0.4 is 5.32 Å². The molecule has 0 bridgehead atoms. The van der Waals surface area contributed by atoms with Crippen LogP contribution in [0.1, 0.15) is 10.4 Å². The maximum absolute atomic E-state index is 13.4. The molecule has 18 heavy (non-hydrogen) atoms. The first-order chi connectivity index (χ1) is 8.56. The highest BCUT2D eigenvalue weighted by atomic mass is 35.5. The minimum Gasteiger partial charge on any atom is -0.508 e. The fourth-order valence-corrected chi connectivity index (χ4v) is 1.54. The largest absolute Gasteiger partial charge is 0.508 e. The highest BCUT2D eigenvalue weighted by Crippen LogP contribution is 2.17. The van der Waals surface area contributed by atoms with Crippen LogP contribution in [-0.4, -0.2) is 16.0 Å². The first-order valence-corrected chi connectivity index (χ1v) is 5.35. The number of aromatic nitrogens is 1. The molecule has 4 nitrogen and oxygen atoms in total. The molecular weight excluding hydrogens is 259 g/mol. The van der Waals surface area contributed by atoms with Gasteiger partial charge in [-0.1, -0.05) is 11.6 Å². The van der Waals surface area contributed by atoms with Crippen molar-refractivity contribution < 1.29 is 14.3 Å². The Kier molecular flexibility index (Phi) is 3.43. The Morgan fingerprint density at radius 3 is 2.78 bits per heavy atom. The summed E-state index contributed by atoms with van der Waals surface area (Å²) in [7, 11) is 0. The Morgan fingerprint density at radius 2 is 2.11 bits per heavy atom. The van der Waals surface area contributed by atoms with Gasteiger partial charge in [0.15, 0.2) is 0 Å². The lowest BCUT2D eigenvalue weighted by Gasteiger charge is -2.06. The minimum absolute atomic E-state index is 0.166. The number of nitrogens with zero attached hydrogens (tertiary/aromatic N) is 1. The monoisotopic (exact) mass is 266 g/mol. The van der Waals surface area contributed by atoms with Crippen LogP contribution in [0.2, 0.25) is 5.15 Å². The maximum atomic E-state index is 13.4. The Labute approximate surface area is 107 Å². The average molecular weight is 267 g/mol. The van der Waals surface area contributed by atoms with E-state index >= 15 is 0 Å². The lowest BCUT2D eigenvalue weighted by Crippen LogP contribution is -2.13. The number of benzene rings is 1. The van der Waals surface area contributed by atoms with Crippen molar-refractivity contribution in [3.63, 3.8) is 0 Å². The van der Waals surface area contributed by atoms with Crippen molar-refractivity contribution in [1.29, 1.82) is 0 Å². The van der Waals surface area contributed by atoms with Crippen molar-refractivity contribution in [3.05, 3.63) is 53.1 Å². The number of carbonyl (C=O) groups is 1. The number of pyridine rings is 1. The van der Waals surface area contributed by atoms with Gasteiger partial charge in [-0.25, -0.2) is 9.37 Å². The van der Waals surface area contributed by atoms with E-state index < -0.39 is 11.7 Å². The van der Waals surface area contributed by atoms with Gasteiger partial charge in [0.1, 0.15) is 16.7 Å². The van der Waals surface area contributed by atoms with Crippen LogP contribution in [0.15, 0.2) is 36.5 Å². The van der Waals surface area contributed by atoms with E-state index in [2.05, 4.69) is 10.3 Å². The molecule has 2 rings (SSSR count). The minimum atomic E-state index is -0.798. The normalized spacial score (nSPS) is 10.1. The molecule has 1 aromatic heterocycles. The van der Waals surface area contributed by atoms with Crippen LogP contribution in [0.25, 0.3) is 0 Å². The zero-order valence-corrected chi connectivity index (χ0v) is 9.78. The van der Waals surface area contributed by atoms with Gasteiger partial charge >= 0.3 is 0 Å². The second-order valence-corrected chi connectivity index (χ2v) is 3.87. The Balaban J connectivity index is 2.22. The molecule has 1 amide bonds. The van der Waals surface area contributed by atoms with Crippen LogP contribution in [0.5, 0.6) is 5.75 Å². The number of hydrogen-bond donors (Lipinski definition) is 2. The molecule has 1 aromatic carbocycles. The maximum Gasteiger partial charge on any atom is 0.258 e. The van der Waals surface area contributed by atoms with Gasteiger partial charge in [-0.2, -0.15) is 0 Å². The number of nitrogens with one attached hydrogen (secondary N) is 1. The summed E-state index contributed by atoms with van der Waals surface area (Å²) in [4.78, 5) is 15.5. The quantitative estimate of drug-likeness (QED) is 0.822. The first kappa shape index (κ1) is 12.3. The van der Waals surface area contributed by atoms with Crippen molar-refractivity contribution >= 4 is 23.2 Å². The third kappa shape index (κ3) is 2.75. The molecule has 0 aliphatic heterocycles. The molecule has 0 radical (unpaired) electrons. The predicted octanol–water partition coefficient (Wildman–Crippen LogP) is 2.83. The summed E-state index contributed by atoms with van der Waals surface area (Å²) in [5.74, 6) is -1.67. The van der Waals surface area contributed by atoms with Gasteiger partial charge in [0.2, 0.25) is 0 Å². The Hall–Kier alpha value is -2.14. The number of amides is 1. The summed E-state index contributed by atoms with van der Waals surface area (Å²) in [5, 5.41) is 11.7. The molecule has 0 aliphatic carbocycles. The second-order valence-electron chi connectivity index (χ2n) is 3.49. The van der Waals surface area contributed by atoms with E-state index in [-0.39, 0.29) is 16.5 Å². The van der Waals surface area contributed by atoms with Crippen LogP contribution >= 0.6 is 11.6 Å². The number of halogens is 2. The third-order valence-corrected chi connectivity index (χ3v) is 2.39. The van der Waals surface area contributed by atoms with Crippen LogP contribution in [0, 0.1) is 5.82 Å². The van der Waals surface area contributed by atoms with E-state index in [1.165, 1.54) is 30.5 Å². The molecule has 1 heterocycles. The SMILES string of the molecule is O=C(Nc1ccnc(Cl)c1)c1ccc(O)cc1F. The Bertz CT molecular complexity index is 604. The highest BCUT2D eigenvalue weighted by Gasteiger charge is 2.12. The lowest BCUT2D eigenvalue weighted by molar-refractivity contribution is 0.102. The van der Waals surface area contributed by atoms with Crippen LogP contribution in [-0.2, 0) is 0 Å². The molecule has 0 spiro atoms. The summed E-state index contributed by atoms with van der Waals surface area (Å²) >= 11 is 5.66. The topological polar surface area (TPSA) is 62.2 Å². The number of aromatic hydroxyl groups is 1. The number of carbonyl (C=O) groups excluding carboxylic acids is 1. The zero-order chi connectivity index (χ0) is 13.1. The van der Waals surface area contributed by atoms with E-state index in [1.54, 1.807) is 0 Å². The molecule has 0 fully saturated rings. The van der Waals surface area contributed by atoms with Gasteiger partial charge in [0, 0.05) is 18.0 Å². The van der Waals surface area contributed by atoms with Crippen molar-refractivity contribution in [1.82, 2.24) is 4.98 Å². The summed E-state index contributed by atoms with van der Waals surface area (Å²) in [6, 6.07) is 6.27. The van der Waals surface area contributed by atoms with Crippen LogP contribution in [0.3, 0.4) is 0 Å². The van der Waals surface area contributed by atoms with Gasteiger partial charge in [-0.15, -0.1) is 0 Å². The standard InChI is InChI=1S/C12H8ClFN2O2/c13-11-5-7(3-4-15-11)16-12(18)9-2-1-8(17)6-10(9)14/h1-6,17H,(H,15,16,18). The summed E-state index contributed by atoms with van der Waals surface area (Å²) in [5.41, 5.74) is 0.244. The molecule has 2 N–H and O–H groups in total. The van der Waals surface area contributed by atoms with E-state index in [0.717, 1.165) is 6.07 Å². The number of phenols is 1. The summed E-state index contributed by atoms with van der Waals surface area (Å²) < 4.78 is 13.4. The third-order valence-electron chi connectivity index (χ3n) is 2.18. The molecular formula is C12H8ClFN2O2. The van der Waals surface area contributed by atoms with Gasteiger partial charge in [-0.3, -0.25) is 4.79 Å². The van der Waals surface area contributed by atoms with E-state index in [0.29, 0.717) is 5.69 Å². The molecule has 0 saturated carbocycles. The van der Waals surface area contributed by atoms with E-state index in [1.807, 2.05) is 0 Å². The number of rotatable bonds is 2. The molecule has 2 aromatic rings. The fourth-order valence-electron chi connectivity index (χ4n) is 1.37. The van der Waals surface area contributed by atoms with Gasteiger partial charge < -0.3 is 10.4 Å². The summed E-state index contributed by atoms with van der Waals surface area (Å²) in [6.45, 7) is 0. The molecule has 6 heteroatoms. The van der Waals surface area contributed by atoms with E-state index in [4.69, 9.17) is 16.7 Å². The van der Waals surface area contributed by atoms with Crippen molar-refractivity contribution in [2.45, 2.75) is 0 Å². The lowest BCUT2D eigenvalue weighted by atomic mass is 10.2. The smallest absolute Gasteiger partial charge is 0.258 e. The van der Waals surface area contributed by atoms with Crippen molar-refractivity contribution in [3.8, 4) is 5.75 Å². The molecule has 0 atom stereocenters. The fraction of sp³-hybridized carbons (Fsp3) is 0. The van der Waals surface area contributed by atoms with Crippen molar-refractivity contribution in [2.75, 3.05) is 5.32 Å². The van der Waals surface area contributed by atoms with E-state index in [9.17, 15) is 9.18 Å². The number of phenolic OH excluding ortho intramolecular Hbond substituents is 1. The first-order valence-electron chi connectivity index (χ1n) is 4.97. The molecule has 0 saturated heterocycles. The average Bonchev–Trinajstić information content (AvgIpc) is 2.28. The van der Waals surface area contributed by atoms with Gasteiger partial charge in [0.05, 0.1) is 5.56 Å². The Morgan fingerprint density at radius 1 is 1.33 bits per heavy atom. The zero-order valence-electron chi connectivity index (χ0n) is 9.02. The number of hydrogen-bond acceptors (Lipinski definition) is 3. The highest BCUT2D eigenvalue weighted by molar-refractivity contribution is 6.29. The van der Waals surface area contributed by atoms with Crippen molar-refractivity contribution in [2.24, 2.45) is 0 Å². The molecule has 0 unspecified atom stereocenters. The second kappa shape index (κ2) is 5.01. The van der Waals surface area contributed by atoms with Crippen LogP contribution in [0.4, 0.5) is 10.1 Å². The van der Waals surface area contributed by atoms with Gasteiger partial charge in [0.25, 0.3) is 5.91 Å². The predicted molar refractivity (Wildman–Crippen MR) is 65.3 cm³/mol. The molecule has 92 valence electrons. The van der Waals surface area contributed by atoms with Gasteiger partial charge in [-0.05, 0) is 24.3 Å². The molecule has 0 aliphatic rings.